The highest BCUT2D eigenvalue weighted by Crippen LogP contribution is 2.38. The zero-order chi connectivity index (χ0) is 19.4. The molecule has 0 saturated heterocycles. The van der Waals surface area contributed by atoms with Crippen LogP contribution in [0.15, 0.2) is 18.7 Å². The van der Waals surface area contributed by atoms with E-state index in [9.17, 15) is 9.59 Å². The monoisotopic (exact) mass is 359 g/mol. The number of nitrogens with zero attached hydrogens (tertiary/aromatic N) is 1. The Labute approximate surface area is 155 Å². The van der Waals surface area contributed by atoms with Crippen molar-refractivity contribution in [3.05, 3.63) is 41.0 Å². The minimum absolute atomic E-state index is 0.0589. The molecule has 5 heteroatoms. The summed E-state index contributed by atoms with van der Waals surface area (Å²) in [5.41, 5.74) is 4.66. The van der Waals surface area contributed by atoms with Gasteiger partial charge < -0.3 is 14.7 Å². The Morgan fingerprint density at radius 3 is 2.73 bits per heavy atom. The third kappa shape index (κ3) is 4.26. The molecular weight excluding hydrogens is 330 g/mol. The minimum Gasteiger partial charge on any atom is -0.482 e. The second kappa shape index (κ2) is 8.39. The van der Waals surface area contributed by atoms with Crippen LogP contribution in [0.5, 0.6) is 5.75 Å². The minimum atomic E-state index is -0.984. The number of aliphatic carboxylic acids is 1. The number of rotatable bonds is 7. The van der Waals surface area contributed by atoms with Crippen molar-refractivity contribution in [2.75, 3.05) is 20.2 Å². The SMILES string of the molecule is C=CCN(C)C(=O)[C@@H](C)[C@@H]1CCc2c(C)cc(OCC(=O)O)c(C)c2C1. The maximum absolute atomic E-state index is 12.6. The van der Waals surface area contributed by atoms with Gasteiger partial charge in [0.25, 0.3) is 0 Å². The third-order valence-electron chi connectivity index (χ3n) is 5.47. The molecule has 142 valence electrons. The van der Waals surface area contributed by atoms with Crippen molar-refractivity contribution in [1.29, 1.82) is 0 Å². The van der Waals surface area contributed by atoms with Crippen LogP contribution in [0.3, 0.4) is 0 Å². The van der Waals surface area contributed by atoms with Crippen molar-refractivity contribution in [2.24, 2.45) is 11.8 Å². The van der Waals surface area contributed by atoms with Crippen LogP contribution in [-0.4, -0.2) is 42.1 Å². The number of fused-ring (bicyclic) bond motifs is 1. The zero-order valence-electron chi connectivity index (χ0n) is 16.2. The Morgan fingerprint density at radius 2 is 2.12 bits per heavy atom. The number of hydrogen-bond acceptors (Lipinski definition) is 3. The first-order valence-electron chi connectivity index (χ1n) is 9.08. The van der Waals surface area contributed by atoms with Crippen LogP contribution in [0.4, 0.5) is 0 Å². The van der Waals surface area contributed by atoms with Crippen LogP contribution >= 0.6 is 0 Å². The lowest BCUT2D eigenvalue weighted by atomic mass is 9.74. The smallest absolute Gasteiger partial charge is 0.341 e. The fourth-order valence-corrected chi connectivity index (χ4v) is 3.87. The van der Waals surface area contributed by atoms with Crippen molar-refractivity contribution in [1.82, 2.24) is 4.90 Å². The highest BCUT2D eigenvalue weighted by molar-refractivity contribution is 5.78. The number of carbonyl (C=O) groups is 2. The molecule has 0 aliphatic heterocycles. The summed E-state index contributed by atoms with van der Waals surface area (Å²) in [6, 6.07) is 1.93. The Hall–Kier alpha value is -2.30. The predicted octanol–water partition coefficient (Wildman–Crippen LogP) is 3.15. The van der Waals surface area contributed by atoms with Crippen LogP contribution in [0.2, 0.25) is 0 Å². The van der Waals surface area contributed by atoms with Crippen LogP contribution in [0.1, 0.15) is 35.6 Å². The average Bonchev–Trinajstić information content (AvgIpc) is 2.61. The number of carbonyl (C=O) groups excluding carboxylic acids is 1. The van der Waals surface area contributed by atoms with Crippen molar-refractivity contribution in [3.63, 3.8) is 0 Å². The number of hydrogen-bond donors (Lipinski definition) is 1. The quantitative estimate of drug-likeness (QED) is 0.760. The van der Waals surface area contributed by atoms with Crippen molar-refractivity contribution >= 4 is 11.9 Å². The van der Waals surface area contributed by atoms with E-state index in [1.807, 2.05) is 33.9 Å². The summed E-state index contributed by atoms with van der Waals surface area (Å²) >= 11 is 0. The molecule has 0 radical (unpaired) electrons. The van der Waals surface area contributed by atoms with Crippen LogP contribution in [-0.2, 0) is 22.4 Å². The summed E-state index contributed by atoms with van der Waals surface area (Å²) in [6.45, 7) is 9.93. The second-order valence-corrected chi connectivity index (χ2v) is 7.26. The molecule has 2 atom stereocenters. The van der Waals surface area contributed by atoms with E-state index in [-0.39, 0.29) is 24.3 Å². The highest BCUT2D eigenvalue weighted by atomic mass is 16.5. The number of aryl methyl sites for hydroxylation is 1. The van der Waals surface area contributed by atoms with E-state index in [0.29, 0.717) is 12.3 Å². The zero-order valence-corrected chi connectivity index (χ0v) is 16.2. The molecule has 5 nitrogen and oxygen atoms in total. The van der Waals surface area contributed by atoms with Gasteiger partial charge in [0.15, 0.2) is 6.61 Å². The topological polar surface area (TPSA) is 66.8 Å². The molecule has 0 fully saturated rings. The van der Waals surface area contributed by atoms with Gasteiger partial charge in [-0.1, -0.05) is 13.0 Å². The van der Waals surface area contributed by atoms with Gasteiger partial charge in [0.05, 0.1) is 0 Å². The van der Waals surface area contributed by atoms with Gasteiger partial charge in [-0.25, -0.2) is 4.79 Å². The lowest BCUT2D eigenvalue weighted by Gasteiger charge is -2.33. The van der Waals surface area contributed by atoms with Crippen molar-refractivity contribution < 1.29 is 19.4 Å². The van der Waals surface area contributed by atoms with E-state index < -0.39 is 5.97 Å². The van der Waals surface area contributed by atoms with Crippen molar-refractivity contribution in [3.8, 4) is 5.75 Å². The number of likely N-dealkylation sites (N-methyl/N-ethyl adjacent to an activating group) is 1. The molecule has 1 aromatic rings. The Kier molecular flexibility index (Phi) is 6.46. The molecule has 1 aliphatic carbocycles. The maximum Gasteiger partial charge on any atom is 0.341 e. The Bertz CT molecular complexity index is 710. The molecule has 1 aliphatic rings. The van der Waals surface area contributed by atoms with E-state index in [4.69, 9.17) is 9.84 Å². The average molecular weight is 359 g/mol. The van der Waals surface area contributed by atoms with Crippen LogP contribution in [0, 0.1) is 25.7 Å². The molecule has 0 aromatic heterocycles. The number of amides is 1. The molecule has 0 heterocycles. The summed E-state index contributed by atoms with van der Waals surface area (Å²) in [6.07, 6.45) is 4.48. The normalized spacial score (nSPS) is 17.2. The predicted molar refractivity (Wildman–Crippen MR) is 102 cm³/mol. The molecule has 0 saturated carbocycles. The van der Waals surface area contributed by atoms with Gasteiger partial charge in [0, 0.05) is 19.5 Å². The van der Waals surface area contributed by atoms with Gasteiger partial charge >= 0.3 is 5.97 Å². The molecule has 1 aromatic carbocycles. The van der Waals surface area contributed by atoms with Gasteiger partial charge in [-0.3, -0.25) is 4.79 Å². The molecule has 2 rings (SSSR count). The molecule has 0 spiro atoms. The maximum atomic E-state index is 12.6. The first-order valence-corrected chi connectivity index (χ1v) is 9.08. The van der Waals surface area contributed by atoms with Gasteiger partial charge in [-0.05, 0) is 67.3 Å². The van der Waals surface area contributed by atoms with Gasteiger partial charge in [0.1, 0.15) is 5.75 Å². The lowest BCUT2D eigenvalue weighted by Crippen LogP contribution is -2.37. The highest BCUT2D eigenvalue weighted by Gasteiger charge is 2.31. The fraction of sp³-hybridized carbons (Fsp3) is 0.524. The first kappa shape index (κ1) is 20.0. The summed E-state index contributed by atoms with van der Waals surface area (Å²) in [4.78, 5) is 25.2. The molecular formula is C21H29NO4. The molecule has 1 N–H and O–H groups in total. The largest absolute Gasteiger partial charge is 0.482 e. The summed E-state index contributed by atoms with van der Waals surface area (Å²) in [7, 11) is 1.81. The number of ether oxygens (including phenoxy) is 1. The van der Waals surface area contributed by atoms with Crippen LogP contribution < -0.4 is 4.74 Å². The number of carboxylic acids is 1. The summed E-state index contributed by atoms with van der Waals surface area (Å²) in [5, 5.41) is 8.87. The van der Waals surface area contributed by atoms with E-state index in [1.54, 1.807) is 11.0 Å². The molecule has 26 heavy (non-hydrogen) atoms. The van der Waals surface area contributed by atoms with Crippen molar-refractivity contribution in [2.45, 2.75) is 40.0 Å². The van der Waals surface area contributed by atoms with E-state index >= 15 is 0 Å². The molecule has 0 bridgehead atoms. The second-order valence-electron chi connectivity index (χ2n) is 7.26. The van der Waals surface area contributed by atoms with Gasteiger partial charge in [-0.2, -0.15) is 0 Å². The standard InChI is InChI=1S/C21H29NO4/c1-6-9-22(5)21(25)14(3)16-7-8-17-13(2)10-19(26-12-20(23)24)15(4)18(17)11-16/h6,10,14,16H,1,7-9,11-12H2,2-5H3,(H,23,24)/t14-,16+/m0/s1. The van der Waals surface area contributed by atoms with Gasteiger partial charge in [0.2, 0.25) is 5.91 Å². The van der Waals surface area contributed by atoms with Crippen LogP contribution in [0.25, 0.3) is 0 Å². The summed E-state index contributed by atoms with van der Waals surface area (Å²) in [5.74, 6) is 0.00618. The van der Waals surface area contributed by atoms with E-state index in [0.717, 1.165) is 30.4 Å². The lowest BCUT2D eigenvalue weighted by molar-refractivity contribution is -0.139. The number of benzene rings is 1. The molecule has 1 amide bonds. The van der Waals surface area contributed by atoms with Gasteiger partial charge in [-0.15, -0.1) is 6.58 Å². The summed E-state index contributed by atoms with van der Waals surface area (Å²) < 4.78 is 5.47. The first-order chi connectivity index (χ1) is 12.3. The van der Waals surface area contributed by atoms with E-state index in [1.165, 1.54) is 11.1 Å². The number of carboxylic acid groups (broad SMARTS) is 1. The Balaban J connectivity index is 2.24. The third-order valence-corrected chi connectivity index (χ3v) is 5.47. The fourth-order valence-electron chi connectivity index (χ4n) is 3.87. The Morgan fingerprint density at radius 1 is 1.42 bits per heavy atom. The van der Waals surface area contributed by atoms with E-state index in [2.05, 4.69) is 6.58 Å². The molecule has 0 unspecified atom stereocenters.